The van der Waals surface area contributed by atoms with Crippen molar-refractivity contribution in [3.8, 4) is 0 Å². The van der Waals surface area contributed by atoms with E-state index >= 15 is 0 Å². The Morgan fingerprint density at radius 2 is 2.10 bits per heavy atom. The number of piperazine rings is 1. The fourth-order valence-electron chi connectivity index (χ4n) is 2.36. The number of nitrogens with one attached hydrogen (secondary N) is 1. The minimum absolute atomic E-state index is 0.00329. The molecule has 0 radical (unpaired) electrons. The summed E-state index contributed by atoms with van der Waals surface area (Å²) in [6.07, 6.45) is 0.441. The number of aliphatic carboxylic acids is 1. The van der Waals surface area contributed by atoms with Gasteiger partial charge in [0.05, 0.1) is 12.0 Å². The molecule has 5 nitrogen and oxygen atoms in total. The quantitative estimate of drug-likeness (QED) is 0.869. The molecule has 1 aliphatic heterocycles. The van der Waals surface area contributed by atoms with Gasteiger partial charge in [-0.2, -0.15) is 0 Å². The van der Waals surface area contributed by atoms with Crippen molar-refractivity contribution in [1.82, 2.24) is 5.32 Å². The van der Waals surface area contributed by atoms with Crippen molar-refractivity contribution >= 4 is 17.6 Å². The van der Waals surface area contributed by atoms with Crippen LogP contribution in [0.4, 0.5) is 5.69 Å². The third-order valence-corrected chi connectivity index (χ3v) is 3.58. The summed E-state index contributed by atoms with van der Waals surface area (Å²) >= 11 is 0. The Bertz CT molecular complexity index is 526. The standard InChI is InChI=1S/C15H20N2O3/c1-15(2,14(19)20)9-11-5-3-4-6-12(11)17-8-7-16-13(18)10-17/h3-6H,7-10H2,1-2H3,(H,16,18)(H,19,20). The lowest BCUT2D eigenvalue weighted by atomic mass is 9.85. The highest BCUT2D eigenvalue weighted by atomic mass is 16.4. The zero-order chi connectivity index (χ0) is 14.8. The van der Waals surface area contributed by atoms with E-state index in [9.17, 15) is 14.7 Å². The van der Waals surface area contributed by atoms with Crippen LogP contribution in [0.5, 0.6) is 0 Å². The first-order valence-corrected chi connectivity index (χ1v) is 6.73. The van der Waals surface area contributed by atoms with Crippen LogP contribution in [0.25, 0.3) is 0 Å². The van der Waals surface area contributed by atoms with Crippen LogP contribution < -0.4 is 10.2 Å². The van der Waals surface area contributed by atoms with E-state index in [1.54, 1.807) is 13.8 Å². The number of amides is 1. The monoisotopic (exact) mass is 276 g/mol. The fraction of sp³-hybridized carbons (Fsp3) is 0.467. The highest BCUT2D eigenvalue weighted by Crippen LogP contribution is 2.29. The van der Waals surface area contributed by atoms with Gasteiger partial charge in [-0.1, -0.05) is 18.2 Å². The van der Waals surface area contributed by atoms with Crippen molar-refractivity contribution in [1.29, 1.82) is 0 Å². The molecule has 0 atom stereocenters. The van der Waals surface area contributed by atoms with Gasteiger partial charge in [-0.05, 0) is 31.9 Å². The average molecular weight is 276 g/mol. The average Bonchev–Trinajstić information content (AvgIpc) is 2.38. The lowest BCUT2D eigenvalue weighted by Gasteiger charge is -2.31. The maximum atomic E-state index is 11.5. The van der Waals surface area contributed by atoms with Crippen LogP contribution in [-0.2, 0) is 16.0 Å². The van der Waals surface area contributed by atoms with Crippen LogP contribution in [0.3, 0.4) is 0 Å². The van der Waals surface area contributed by atoms with Gasteiger partial charge in [0.25, 0.3) is 0 Å². The number of benzene rings is 1. The minimum atomic E-state index is -0.825. The summed E-state index contributed by atoms with van der Waals surface area (Å²) in [5.74, 6) is -0.813. The number of hydrogen-bond acceptors (Lipinski definition) is 3. The first-order chi connectivity index (χ1) is 9.40. The Balaban J connectivity index is 2.26. The lowest BCUT2D eigenvalue weighted by Crippen LogP contribution is -2.48. The van der Waals surface area contributed by atoms with Gasteiger partial charge in [0, 0.05) is 18.8 Å². The summed E-state index contributed by atoms with van der Waals surface area (Å²) < 4.78 is 0. The third kappa shape index (κ3) is 3.10. The molecular formula is C15H20N2O3. The van der Waals surface area contributed by atoms with Crippen molar-refractivity contribution in [2.24, 2.45) is 5.41 Å². The maximum Gasteiger partial charge on any atom is 0.309 e. The van der Waals surface area contributed by atoms with E-state index in [2.05, 4.69) is 5.32 Å². The number of para-hydroxylation sites is 1. The van der Waals surface area contributed by atoms with Crippen LogP contribution in [0.2, 0.25) is 0 Å². The molecule has 108 valence electrons. The van der Waals surface area contributed by atoms with Crippen molar-refractivity contribution in [2.45, 2.75) is 20.3 Å². The Kier molecular flexibility index (Phi) is 3.97. The van der Waals surface area contributed by atoms with Crippen LogP contribution in [0, 0.1) is 5.41 Å². The molecule has 0 aliphatic carbocycles. The normalized spacial score (nSPS) is 15.9. The van der Waals surface area contributed by atoms with Crippen molar-refractivity contribution < 1.29 is 14.7 Å². The van der Waals surface area contributed by atoms with Crippen LogP contribution in [0.15, 0.2) is 24.3 Å². The number of carboxylic acid groups (broad SMARTS) is 1. The lowest BCUT2D eigenvalue weighted by molar-refractivity contribution is -0.146. The topological polar surface area (TPSA) is 69.6 Å². The second-order valence-electron chi connectivity index (χ2n) is 5.77. The van der Waals surface area contributed by atoms with Gasteiger partial charge in [0.1, 0.15) is 0 Å². The number of nitrogens with zero attached hydrogens (tertiary/aromatic N) is 1. The number of carbonyl (C=O) groups is 2. The second-order valence-corrected chi connectivity index (χ2v) is 5.77. The molecule has 5 heteroatoms. The predicted octanol–water partition coefficient (Wildman–Crippen LogP) is 1.28. The Hall–Kier alpha value is -2.04. The summed E-state index contributed by atoms with van der Waals surface area (Å²) in [6.45, 7) is 5.13. The van der Waals surface area contributed by atoms with Crippen LogP contribution >= 0.6 is 0 Å². The van der Waals surface area contributed by atoms with E-state index in [0.29, 0.717) is 19.5 Å². The summed E-state index contributed by atoms with van der Waals surface area (Å²) in [5.41, 5.74) is 1.10. The Morgan fingerprint density at radius 3 is 2.75 bits per heavy atom. The number of hydrogen-bond donors (Lipinski definition) is 2. The molecule has 0 spiro atoms. The first kappa shape index (κ1) is 14.4. The molecule has 1 aromatic carbocycles. The summed E-state index contributed by atoms with van der Waals surface area (Å²) in [4.78, 5) is 24.8. The molecule has 1 aromatic rings. The summed E-state index contributed by atoms with van der Waals surface area (Å²) in [7, 11) is 0. The molecule has 0 saturated carbocycles. The van der Waals surface area contributed by atoms with Crippen molar-refractivity contribution in [3.63, 3.8) is 0 Å². The largest absolute Gasteiger partial charge is 0.481 e. The molecule has 0 bridgehead atoms. The van der Waals surface area contributed by atoms with Gasteiger partial charge in [0.15, 0.2) is 0 Å². The van der Waals surface area contributed by atoms with E-state index < -0.39 is 11.4 Å². The zero-order valence-electron chi connectivity index (χ0n) is 11.8. The molecule has 1 amide bonds. The number of anilines is 1. The number of rotatable bonds is 4. The van der Waals surface area contributed by atoms with Crippen LogP contribution in [0.1, 0.15) is 19.4 Å². The van der Waals surface area contributed by atoms with E-state index in [0.717, 1.165) is 17.8 Å². The molecule has 1 saturated heterocycles. The zero-order valence-corrected chi connectivity index (χ0v) is 11.8. The smallest absolute Gasteiger partial charge is 0.309 e. The second kappa shape index (κ2) is 5.53. The van der Waals surface area contributed by atoms with Crippen molar-refractivity contribution in [2.75, 3.05) is 24.5 Å². The molecule has 2 N–H and O–H groups in total. The predicted molar refractivity (Wildman–Crippen MR) is 76.8 cm³/mol. The highest BCUT2D eigenvalue weighted by Gasteiger charge is 2.29. The van der Waals surface area contributed by atoms with Gasteiger partial charge >= 0.3 is 5.97 Å². The van der Waals surface area contributed by atoms with Gasteiger partial charge in [-0.3, -0.25) is 9.59 Å². The number of carboxylic acids is 1. The van der Waals surface area contributed by atoms with Gasteiger partial charge in [0.2, 0.25) is 5.91 Å². The summed E-state index contributed by atoms with van der Waals surface area (Å²) in [6, 6.07) is 7.71. The van der Waals surface area contributed by atoms with Gasteiger partial charge in [-0.15, -0.1) is 0 Å². The minimum Gasteiger partial charge on any atom is -0.481 e. The molecule has 20 heavy (non-hydrogen) atoms. The third-order valence-electron chi connectivity index (χ3n) is 3.58. The van der Waals surface area contributed by atoms with Crippen molar-refractivity contribution in [3.05, 3.63) is 29.8 Å². The molecule has 1 heterocycles. The molecule has 1 aliphatic rings. The maximum absolute atomic E-state index is 11.5. The van der Waals surface area contributed by atoms with Crippen LogP contribution in [-0.4, -0.2) is 36.6 Å². The SMILES string of the molecule is CC(C)(Cc1ccccc1N1CCNC(=O)C1)C(=O)O. The molecule has 2 rings (SSSR count). The molecule has 1 fully saturated rings. The number of carbonyl (C=O) groups excluding carboxylic acids is 1. The Morgan fingerprint density at radius 1 is 1.40 bits per heavy atom. The summed E-state index contributed by atoms with van der Waals surface area (Å²) in [5, 5.41) is 12.1. The van der Waals surface area contributed by atoms with Gasteiger partial charge in [-0.25, -0.2) is 0 Å². The first-order valence-electron chi connectivity index (χ1n) is 6.73. The van der Waals surface area contributed by atoms with Gasteiger partial charge < -0.3 is 15.3 Å². The highest BCUT2D eigenvalue weighted by molar-refractivity contribution is 5.83. The molecular weight excluding hydrogens is 256 g/mol. The van der Waals surface area contributed by atoms with E-state index in [1.165, 1.54) is 0 Å². The van der Waals surface area contributed by atoms with E-state index in [-0.39, 0.29) is 5.91 Å². The Labute approximate surface area is 118 Å². The molecule has 0 unspecified atom stereocenters. The molecule has 0 aromatic heterocycles. The van der Waals surface area contributed by atoms with E-state index in [4.69, 9.17) is 0 Å². The fourth-order valence-corrected chi connectivity index (χ4v) is 2.36. The van der Waals surface area contributed by atoms with E-state index in [1.807, 2.05) is 29.2 Å².